The van der Waals surface area contributed by atoms with Crippen molar-refractivity contribution in [2.24, 2.45) is 0 Å². The maximum atomic E-state index is 12.2. The number of nitrogens with zero attached hydrogens (tertiary/aromatic N) is 2. The summed E-state index contributed by atoms with van der Waals surface area (Å²) in [6.07, 6.45) is 0. The predicted molar refractivity (Wildman–Crippen MR) is 78.2 cm³/mol. The molecule has 1 N–H and O–H groups in total. The molecule has 0 saturated carbocycles. The highest BCUT2D eigenvalue weighted by molar-refractivity contribution is 6.01. The van der Waals surface area contributed by atoms with Crippen LogP contribution in [0.15, 0.2) is 33.5 Å². The molecule has 1 fully saturated rings. The van der Waals surface area contributed by atoms with E-state index in [2.05, 4.69) is 14.9 Å². The van der Waals surface area contributed by atoms with Crippen LogP contribution in [0.25, 0.3) is 22.1 Å². The molecule has 1 aliphatic heterocycles. The van der Waals surface area contributed by atoms with Crippen LogP contribution in [-0.4, -0.2) is 41.2 Å². The van der Waals surface area contributed by atoms with Crippen LogP contribution >= 0.6 is 0 Å². The normalized spacial score (nSPS) is 16.8. The van der Waals surface area contributed by atoms with Crippen molar-refractivity contribution in [1.29, 1.82) is 0 Å². The molecule has 0 bridgehead atoms. The number of benzene rings is 1. The second kappa shape index (κ2) is 4.98. The van der Waals surface area contributed by atoms with E-state index in [0.717, 1.165) is 31.7 Å². The van der Waals surface area contributed by atoms with Crippen LogP contribution < -0.4 is 5.56 Å². The predicted octanol–water partition coefficient (Wildman–Crippen LogP) is 1.50. The number of aromatic nitrogens is 2. The minimum absolute atomic E-state index is 0.223. The van der Waals surface area contributed by atoms with Crippen LogP contribution in [0.4, 0.5) is 0 Å². The van der Waals surface area contributed by atoms with Gasteiger partial charge in [-0.3, -0.25) is 9.69 Å². The van der Waals surface area contributed by atoms with Crippen LogP contribution in [0, 0.1) is 0 Å². The van der Waals surface area contributed by atoms with Crippen LogP contribution in [0.5, 0.6) is 0 Å². The molecule has 6 heteroatoms. The first kappa shape index (κ1) is 12.6. The van der Waals surface area contributed by atoms with Gasteiger partial charge in [-0.2, -0.15) is 0 Å². The Morgan fingerprint density at radius 2 is 2.05 bits per heavy atom. The lowest BCUT2D eigenvalue weighted by molar-refractivity contribution is 0.0331. The number of morpholine rings is 1. The van der Waals surface area contributed by atoms with Crippen molar-refractivity contribution in [1.82, 2.24) is 14.9 Å². The summed E-state index contributed by atoms with van der Waals surface area (Å²) < 4.78 is 10.9. The van der Waals surface area contributed by atoms with Gasteiger partial charge in [-0.15, -0.1) is 0 Å². The quantitative estimate of drug-likeness (QED) is 0.772. The molecule has 0 amide bonds. The van der Waals surface area contributed by atoms with E-state index in [1.54, 1.807) is 0 Å². The van der Waals surface area contributed by atoms with Gasteiger partial charge < -0.3 is 14.1 Å². The molecule has 6 nitrogen and oxygen atoms in total. The van der Waals surface area contributed by atoms with E-state index in [4.69, 9.17) is 9.15 Å². The van der Waals surface area contributed by atoms with Gasteiger partial charge in [-0.25, -0.2) is 4.98 Å². The lowest BCUT2D eigenvalue weighted by Gasteiger charge is -2.25. The summed E-state index contributed by atoms with van der Waals surface area (Å²) in [5.74, 6) is 0.668. The molecule has 1 aromatic carbocycles. The fourth-order valence-electron chi connectivity index (χ4n) is 2.69. The molecule has 4 rings (SSSR count). The third kappa shape index (κ3) is 2.22. The SMILES string of the molecule is O=c1[nH]c(CN2CCOCC2)nc2c1oc1ccccc12. The zero-order valence-electron chi connectivity index (χ0n) is 11.5. The van der Waals surface area contributed by atoms with Crippen molar-refractivity contribution in [3.8, 4) is 0 Å². The summed E-state index contributed by atoms with van der Waals surface area (Å²) in [6.45, 7) is 3.78. The first-order chi connectivity index (χ1) is 10.3. The number of ether oxygens (including phenoxy) is 1. The Morgan fingerprint density at radius 1 is 1.24 bits per heavy atom. The molecule has 3 heterocycles. The van der Waals surface area contributed by atoms with E-state index in [9.17, 15) is 4.79 Å². The van der Waals surface area contributed by atoms with Gasteiger partial charge in [0, 0.05) is 18.5 Å². The van der Waals surface area contributed by atoms with E-state index in [0.29, 0.717) is 29.1 Å². The Kier molecular flexibility index (Phi) is 2.98. The van der Waals surface area contributed by atoms with Crippen molar-refractivity contribution in [3.63, 3.8) is 0 Å². The summed E-state index contributed by atoms with van der Waals surface area (Å²) in [4.78, 5) is 21.8. The molecule has 2 aromatic heterocycles. The highest BCUT2D eigenvalue weighted by Crippen LogP contribution is 2.24. The number of aromatic amines is 1. The fraction of sp³-hybridized carbons (Fsp3) is 0.333. The molecule has 0 radical (unpaired) electrons. The Balaban J connectivity index is 1.79. The van der Waals surface area contributed by atoms with Crippen molar-refractivity contribution < 1.29 is 9.15 Å². The third-order valence-electron chi connectivity index (χ3n) is 3.76. The first-order valence-electron chi connectivity index (χ1n) is 7.02. The average molecular weight is 285 g/mol. The van der Waals surface area contributed by atoms with E-state index in [-0.39, 0.29) is 5.56 Å². The van der Waals surface area contributed by atoms with Crippen LogP contribution in [0.3, 0.4) is 0 Å². The van der Waals surface area contributed by atoms with Gasteiger partial charge in [0.15, 0.2) is 0 Å². The monoisotopic (exact) mass is 285 g/mol. The van der Waals surface area contributed by atoms with Crippen LogP contribution in [0.1, 0.15) is 5.82 Å². The lowest BCUT2D eigenvalue weighted by Crippen LogP contribution is -2.36. The van der Waals surface area contributed by atoms with Gasteiger partial charge in [0.25, 0.3) is 5.56 Å². The highest BCUT2D eigenvalue weighted by atomic mass is 16.5. The number of para-hydroxylation sites is 1. The molecule has 21 heavy (non-hydrogen) atoms. The minimum Gasteiger partial charge on any atom is -0.449 e. The zero-order chi connectivity index (χ0) is 14.2. The largest absolute Gasteiger partial charge is 0.449 e. The van der Waals surface area contributed by atoms with Crippen molar-refractivity contribution >= 4 is 22.1 Å². The maximum Gasteiger partial charge on any atom is 0.294 e. The molecular weight excluding hydrogens is 270 g/mol. The summed E-state index contributed by atoms with van der Waals surface area (Å²) in [6, 6.07) is 7.57. The molecule has 0 atom stereocenters. The number of H-pyrrole nitrogens is 1. The minimum atomic E-state index is -0.223. The first-order valence-corrected chi connectivity index (χ1v) is 7.02. The third-order valence-corrected chi connectivity index (χ3v) is 3.76. The fourth-order valence-corrected chi connectivity index (χ4v) is 2.69. The number of hydrogen-bond donors (Lipinski definition) is 1. The smallest absolute Gasteiger partial charge is 0.294 e. The number of nitrogens with one attached hydrogen (secondary N) is 1. The summed E-state index contributed by atoms with van der Waals surface area (Å²) in [5, 5.41) is 0.877. The van der Waals surface area contributed by atoms with Crippen molar-refractivity contribution in [3.05, 3.63) is 40.4 Å². The van der Waals surface area contributed by atoms with Crippen molar-refractivity contribution in [2.75, 3.05) is 26.3 Å². The zero-order valence-corrected chi connectivity index (χ0v) is 11.5. The van der Waals surface area contributed by atoms with Gasteiger partial charge in [0.1, 0.15) is 16.9 Å². The number of furan rings is 1. The number of hydrogen-bond acceptors (Lipinski definition) is 5. The molecule has 1 saturated heterocycles. The topological polar surface area (TPSA) is 71.4 Å². The summed E-state index contributed by atoms with van der Waals surface area (Å²) >= 11 is 0. The second-order valence-electron chi connectivity index (χ2n) is 5.18. The van der Waals surface area contributed by atoms with Gasteiger partial charge in [-0.1, -0.05) is 12.1 Å². The lowest BCUT2D eigenvalue weighted by atomic mass is 10.2. The van der Waals surface area contributed by atoms with Gasteiger partial charge in [-0.05, 0) is 12.1 Å². The second-order valence-corrected chi connectivity index (χ2v) is 5.18. The Morgan fingerprint density at radius 3 is 2.90 bits per heavy atom. The van der Waals surface area contributed by atoms with Crippen LogP contribution in [-0.2, 0) is 11.3 Å². The van der Waals surface area contributed by atoms with Crippen LogP contribution in [0.2, 0.25) is 0 Å². The summed E-state index contributed by atoms with van der Waals surface area (Å²) in [5.41, 5.74) is 1.40. The van der Waals surface area contributed by atoms with E-state index < -0.39 is 0 Å². The van der Waals surface area contributed by atoms with Crippen molar-refractivity contribution in [2.45, 2.75) is 6.54 Å². The standard InChI is InChI=1S/C15H15N3O3/c19-15-14-13(10-3-1-2-4-11(10)21-14)16-12(17-15)9-18-5-7-20-8-6-18/h1-4H,5-9H2,(H,16,17,19). The highest BCUT2D eigenvalue weighted by Gasteiger charge is 2.16. The molecule has 0 spiro atoms. The summed E-state index contributed by atoms with van der Waals surface area (Å²) in [7, 11) is 0. The Labute approximate surface area is 120 Å². The van der Waals surface area contributed by atoms with E-state index in [1.165, 1.54) is 0 Å². The van der Waals surface area contributed by atoms with E-state index >= 15 is 0 Å². The number of fused-ring (bicyclic) bond motifs is 3. The molecule has 108 valence electrons. The van der Waals surface area contributed by atoms with Gasteiger partial charge in [0.05, 0.1) is 19.8 Å². The van der Waals surface area contributed by atoms with E-state index in [1.807, 2.05) is 24.3 Å². The Bertz CT molecular complexity index is 846. The van der Waals surface area contributed by atoms with Gasteiger partial charge in [0.2, 0.25) is 5.58 Å². The molecule has 3 aromatic rings. The molecular formula is C15H15N3O3. The molecule has 0 unspecified atom stereocenters. The average Bonchev–Trinajstić information content (AvgIpc) is 2.88. The number of rotatable bonds is 2. The Hall–Kier alpha value is -2.18. The maximum absolute atomic E-state index is 12.2. The molecule has 1 aliphatic rings. The van der Waals surface area contributed by atoms with Gasteiger partial charge >= 0.3 is 0 Å². The molecule has 0 aliphatic carbocycles.